The maximum atomic E-state index is 14.0. The maximum absolute atomic E-state index is 14.0. The van der Waals surface area contributed by atoms with Crippen LogP contribution in [0.2, 0.25) is 0 Å². The summed E-state index contributed by atoms with van der Waals surface area (Å²) in [6.45, 7) is 11.0. The lowest BCUT2D eigenvalue weighted by Crippen LogP contribution is -2.36. The lowest BCUT2D eigenvalue weighted by atomic mass is 9.90. The van der Waals surface area contributed by atoms with Gasteiger partial charge in [0.1, 0.15) is 5.82 Å². The number of allylic oxidation sites excluding steroid dienone is 5. The Bertz CT molecular complexity index is 1050. The van der Waals surface area contributed by atoms with Crippen LogP contribution in [0.5, 0.6) is 0 Å². The van der Waals surface area contributed by atoms with Crippen LogP contribution < -0.4 is 10.7 Å². The second-order valence-electron chi connectivity index (χ2n) is 9.27. The van der Waals surface area contributed by atoms with Gasteiger partial charge < -0.3 is 5.32 Å². The predicted octanol–water partition coefficient (Wildman–Crippen LogP) is 6.69. The summed E-state index contributed by atoms with van der Waals surface area (Å²) in [6.07, 6.45) is 26.6. The molecule has 2 aliphatic rings. The van der Waals surface area contributed by atoms with Crippen LogP contribution in [-0.4, -0.2) is 28.8 Å². The molecule has 6 heteroatoms. The molecule has 3 unspecified atom stereocenters. The second-order valence-corrected chi connectivity index (χ2v) is 9.27. The average Bonchev–Trinajstić information content (AvgIpc) is 3.30. The standard InChI is InChI=1S/C30H40FN5/c1-5-8-9-12-23(4)30(7-3)36(22-29(33-16-6-2)25-18-26(31)21-32-19-25)35-17-15-24-20-34-28-14-11-10-13-27(24)28/h6-7,10-11,13-14,16,18-23,27-28,34-35H,2,5,8-9,12,15,17H2,1,3-4H3/b29-22-,30-7-,33-16-. The summed E-state index contributed by atoms with van der Waals surface area (Å²) in [5, 5.41) is 5.54. The monoisotopic (exact) mass is 489 g/mol. The zero-order valence-electron chi connectivity index (χ0n) is 21.8. The molecule has 5 nitrogen and oxygen atoms in total. The fourth-order valence-electron chi connectivity index (χ4n) is 4.69. The van der Waals surface area contributed by atoms with Crippen LogP contribution in [0, 0.1) is 17.7 Å². The minimum Gasteiger partial charge on any atom is -0.384 e. The Hall–Kier alpha value is -3.25. The molecule has 1 aromatic heterocycles. The van der Waals surface area contributed by atoms with Gasteiger partial charge in [0.2, 0.25) is 0 Å². The number of nitrogens with one attached hydrogen (secondary N) is 2. The van der Waals surface area contributed by atoms with Gasteiger partial charge in [-0.2, -0.15) is 0 Å². The number of halogens is 1. The van der Waals surface area contributed by atoms with Gasteiger partial charge in [0, 0.05) is 42.3 Å². The summed E-state index contributed by atoms with van der Waals surface area (Å²) in [5.41, 5.74) is 7.39. The third-order valence-corrected chi connectivity index (χ3v) is 6.61. The molecule has 2 N–H and O–H groups in total. The first-order valence-corrected chi connectivity index (χ1v) is 13.0. The van der Waals surface area contributed by atoms with Crippen molar-refractivity contribution in [1.29, 1.82) is 0 Å². The highest BCUT2D eigenvalue weighted by atomic mass is 19.1. The number of aliphatic imine (C=N–C) groups is 1. The van der Waals surface area contributed by atoms with Crippen LogP contribution in [-0.2, 0) is 0 Å². The fraction of sp³-hybridized carbons (Fsp3) is 0.400. The van der Waals surface area contributed by atoms with Crippen molar-refractivity contribution in [2.24, 2.45) is 16.8 Å². The molecule has 0 bridgehead atoms. The van der Waals surface area contributed by atoms with Gasteiger partial charge in [-0.1, -0.05) is 76.1 Å². The van der Waals surface area contributed by atoms with Crippen molar-refractivity contribution in [3.8, 4) is 0 Å². The highest BCUT2D eigenvalue weighted by Gasteiger charge is 2.26. The number of unbranched alkanes of at least 4 members (excludes halogenated alkanes) is 2. The van der Waals surface area contributed by atoms with Crippen molar-refractivity contribution in [3.05, 3.63) is 96.5 Å². The Morgan fingerprint density at radius 3 is 2.89 bits per heavy atom. The van der Waals surface area contributed by atoms with Gasteiger partial charge in [-0.25, -0.2) is 9.82 Å². The Labute approximate surface area is 216 Å². The van der Waals surface area contributed by atoms with E-state index in [1.807, 2.05) is 6.20 Å². The second kappa shape index (κ2) is 14.3. The molecule has 0 saturated carbocycles. The van der Waals surface area contributed by atoms with Gasteiger partial charge in [-0.05, 0) is 43.5 Å². The zero-order valence-corrected chi connectivity index (χ0v) is 21.8. The Morgan fingerprint density at radius 2 is 2.14 bits per heavy atom. The smallest absolute Gasteiger partial charge is 0.142 e. The zero-order chi connectivity index (χ0) is 25.8. The van der Waals surface area contributed by atoms with Crippen molar-refractivity contribution in [1.82, 2.24) is 20.7 Å². The van der Waals surface area contributed by atoms with Crippen molar-refractivity contribution in [3.63, 3.8) is 0 Å². The van der Waals surface area contributed by atoms with Crippen molar-refractivity contribution in [2.75, 3.05) is 6.54 Å². The number of pyridine rings is 1. The molecule has 0 aromatic carbocycles. The van der Waals surface area contributed by atoms with E-state index in [1.165, 1.54) is 42.8 Å². The third kappa shape index (κ3) is 7.62. The normalized spacial score (nSPS) is 20.3. The highest BCUT2D eigenvalue weighted by molar-refractivity contribution is 5.79. The van der Waals surface area contributed by atoms with Crippen LogP contribution in [0.15, 0.2) is 90.2 Å². The summed E-state index contributed by atoms with van der Waals surface area (Å²) < 4.78 is 14.0. The predicted molar refractivity (Wildman–Crippen MR) is 149 cm³/mol. The van der Waals surface area contributed by atoms with Gasteiger partial charge in [0.05, 0.1) is 17.9 Å². The van der Waals surface area contributed by atoms with Gasteiger partial charge in [0.15, 0.2) is 0 Å². The van der Waals surface area contributed by atoms with Gasteiger partial charge >= 0.3 is 0 Å². The molecule has 3 atom stereocenters. The van der Waals surface area contributed by atoms with Crippen LogP contribution in [0.1, 0.15) is 58.4 Å². The molecule has 1 aliphatic heterocycles. The molecule has 0 saturated heterocycles. The fourth-order valence-corrected chi connectivity index (χ4v) is 4.69. The van der Waals surface area contributed by atoms with Crippen LogP contribution in [0.4, 0.5) is 4.39 Å². The summed E-state index contributed by atoms with van der Waals surface area (Å²) >= 11 is 0. The molecular weight excluding hydrogens is 449 g/mol. The van der Waals surface area contributed by atoms with E-state index in [-0.39, 0.29) is 0 Å². The largest absolute Gasteiger partial charge is 0.384 e. The lowest BCUT2D eigenvalue weighted by molar-refractivity contribution is 0.295. The van der Waals surface area contributed by atoms with Crippen LogP contribution in [0.3, 0.4) is 0 Å². The van der Waals surface area contributed by atoms with E-state index in [2.05, 4.69) is 89.7 Å². The number of hydrogen-bond acceptors (Lipinski definition) is 5. The van der Waals surface area contributed by atoms with Crippen molar-refractivity contribution >= 4 is 11.9 Å². The minimum absolute atomic E-state index is 0.351. The Kier molecular flexibility index (Phi) is 10.9. The number of hydrogen-bond donors (Lipinski definition) is 2. The summed E-state index contributed by atoms with van der Waals surface area (Å²) in [4.78, 5) is 8.58. The summed E-state index contributed by atoms with van der Waals surface area (Å²) in [6, 6.07) is 1.81. The molecule has 0 fully saturated rings. The van der Waals surface area contributed by atoms with E-state index in [0.29, 0.717) is 29.1 Å². The quantitative estimate of drug-likeness (QED) is 0.174. The Morgan fingerprint density at radius 1 is 1.31 bits per heavy atom. The van der Waals surface area contributed by atoms with Crippen molar-refractivity contribution in [2.45, 2.75) is 58.9 Å². The summed E-state index contributed by atoms with van der Waals surface area (Å²) in [5.74, 6) is 0.362. The number of rotatable bonds is 14. The van der Waals surface area contributed by atoms with E-state index in [4.69, 9.17) is 0 Å². The molecular formula is C30H40FN5. The molecule has 0 radical (unpaired) electrons. The molecule has 0 amide bonds. The SMILES string of the molecule is C=C/C=N\C(=C/N(NCCC1=CNC2C=CC=CC12)/C(=C\C)C(C)CCCCC)c1cncc(F)c1. The van der Waals surface area contributed by atoms with Crippen LogP contribution in [0.25, 0.3) is 5.70 Å². The van der Waals surface area contributed by atoms with Gasteiger partial charge in [0.25, 0.3) is 0 Å². The van der Waals surface area contributed by atoms with Crippen molar-refractivity contribution < 1.29 is 4.39 Å². The Balaban J connectivity index is 1.83. The van der Waals surface area contributed by atoms with Gasteiger partial charge in [-0.3, -0.25) is 15.0 Å². The topological polar surface area (TPSA) is 52.5 Å². The van der Waals surface area contributed by atoms with E-state index < -0.39 is 5.82 Å². The van der Waals surface area contributed by atoms with Gasteiger partial charge in [-0.15, -0.1) is 0 Å². The average molecular weight is 490 g/mol. The molecule has 3 rings (SSSR count). The third-order valence-electron chi connectivity index (χ3n) is 6.61. The first-order chi connectivity index (χ1) is 17.6. The van der Waals surface area contributed by atoms with Crippen LogP contribution >= 0.6 is 0 Å². The number of fused-ring (bicyclic) bond motifs is 1. The molecule has 36 heavy (non-hydrogen) atoms. The molecule has 2 heterocycles. The maximum Gasteiger partial charge on any atom is 0.142 e. The molecule has 1 aromatic rings. The molecule has 192 valence electrons. The summed E-state index contributed by atoms with van der Waals surface area (Å²) in [7, 11) is 0. The first-order valence-electron chi connectivity index (χ1n) is 13.0. The van der Waals surface area contributed by atoms with E-state index >= 15 is 0 Å². The van der Waals surface area contributed by atoms with E-state index in [9.17, 15) is 4.39 Å². The highest BCUT2D eigenvalue weighted by Crippen LogP contribution is 2.29. The lowest BCUT2D eigenvalue weighted by Gasteiger charge is -2.30. The molecule has 0 spiro atoms. The van der Waals surface area contributed by atoms with E-state index in [1.54, 1.807) is 18.5 Å². The minimum atomic E-state index is -0.393. The number of nitrogens with zero attached hydrogens (tertiary/aromatic N) is 3. The number of aromatic nitrogens is 1. The number of hydrazine groups is 1. The first kappa shape index (κ1) is 27.3. The van der Waals surface area contributed by atoms with E-state index in [0.717, 1.165) is 19.4 Å². The molecule has 1 aliphatic carbocycles.